The van der Waals surface area contributed by atoms with E-state index in [-0.39, 0.29) is 5.60 Å². The van der Waals surface area contributed by atoms with Gasteiger partial charge in [-0.2, -0.15) is 0 Å². The summed E-state index contributed by atoms with van der Waals surface area (Å²) in [7, 11) is 0.759. The molecular formula is C14H22F2OSi. The Hall–Kier alpha value is -0.743. The summed E-state index contributed by atoms with van der Waals surface area (Å²) in [5, 5.41) is 0. The highest BCUT2D eigenvalue weighted by Gasteiger charge is 2.14. The van der Waals surface area contributed by atoms with Crippen LogP contribution in [0.25, 0.3) is 0 Å². The quantitative estimate of drug-likeness (QED) is 0.547. The average Bonchev–Trinajstić information content (AvgIpc) is 2.31. The molecule has 0 N–H and O–H groups in total. The molecule has 0 aliphatic rings. The zero-order chi connectivity index (χ0) is 13.6. The number of unbranched alkanes of at least 4 members (excludes halogenated alkanes) is 2. The van der Waals surface area contributed by atoms with Gasteiger partial charge in [-0.3, -0.25) is 0 Å². The Morgan fingerprint density at radius 1 is 1.17 bits per heavy atom. The van der Waals surface area contributed by atoms with Crippen LogP contribution in [-0.2, 0) is 10.8 Å². The number of hydrogen-bond donors (Lipinski definition) is 0. The molecule has 0 radical (unpaired) electrons. The Balaban J connectivity index is 2.26. The SMILES string of the molecule is CC(C)(CCCCCc1ccc(F)cc1F)O[SiH3]. The van der Waals surface area contributed by atoms with Gasteiger partial charge in [-0.05, 0) is 44.7 Å². The van der Waals surface area contributed by atoms with Gasteiger partial charge in [0.25, 0.3) is 0 Å². The van der Waals surface area contributed by atoms with Crippen LogP contribution in [0.1, 0.15) is 45.1 Å². The van der Waals surface area contributed by atoms with Gasteiger partial charge in [0.1, 0.15) is 22.1 Å². The largest absolute Gasteiger partial charge is 0.423 e. The Bertz CT molecular complexity index is 380. The highest BCUT2D eigenvalue weighted by molar-refractivity contribution is 5.98. The molecular weight excluding hydrogens is 250 g/mol. The molecule has 0 bridgehead atoms. The van der Waals surface area contributed by atoms with Crippen LogP contribution < -0.4 is 0 Å². The minimum Gasteiger partial charge on any atom is -0.423 e. The van der Waals surface area contributed by atoms with Crippen molar-refractivity contribution in [2.45, 2.75) is 51.6 Å². The maximum Gasteiger partial charge on any atom is 0.146 e. The van der Waals surface area contributed by atoms with Gasteiger partial charge in [-0.15, -0.1) is 0 Å². The summed E-state index contributed by atoms with van der Waals surface area (Å²) >= 11 is 0. The van der Waals surface area contributed by atoms with Crippen LogP contribution in [0.3, 0.4) is 0 Å². The smallest absolute Gasteiger partial charge is 0.146 e. The number of hydrogen-bond acceptors (Lipinski definition) is 1. The molecule has 0 fully saturated rings. The molecule has 0 aliphatic carbocycles. The molecule has 0 amide bonds. The second-order valence-electron chi connectivity index (χ2n) is 5.26. The molecule has 0 spiro atoms. The molecule has 1 aromatic rings. The monoisotopic (exact) mass is 272 g/mol. The standard InChI is InChI=1S/C14H22F2OSi/c1-14(2,17-18)9-5-3-4-6-11-7-8-12(15)10-13(11)16/h7-8,10H,3-6,9H2,1-2,18H3. The molecule has 0 saturated heterocycles. The maximum atomic E-state index is 13.3. The summed E-state index contributed by atoms with van der Waals surface area (Å²) in [6.45, 7) is 4.19. The van der Waals surface area contributed by atoms with Crippen LogP contribution in [0.5, 0.6) is 0 Å². The van der Waals surface area contributed by atoms with Gasteiger partial charge >= 0.3 is 0 Å². The minimum absolute atomic E-state index is 0.0205. The van der Waals surface area contributed by atoms with E-state index in [9.17, 15) is 8.78 Å². The van der Waals surface area contributed by atoms with E-state index >= 15 is 0 Å². The van der Waals surface area contributed by atoms with E-state index in [1.54, 1.807) is 0 Å². The van der Waals surface area contributed by atoms with Crippen molar-refractivity contribution in [3.05, 3.63) is 35.4 Å². The maximum absolute atomic E-state index is 13.3. The Labute approximate surface area is 111 Å². The zero-order valence-electron chi connectivity index (χ0n) is 11.4. The van der Waals surface area contributed by atoms with Crippen molar-refractivity contribution in [3.63, 3.8) is 0 Å². The lowest BCUT2D eigenvalue weighted by Crippen LogP contribution is -2.22. The van der Waals surface area contributed by atoms with Crippen LogP contribution >= 0.6 is 0 Å². The summed E-state index contributed by atoms with van der Waals surface area (Å²) in [5.74, 6) is -0.944. The first-order valence-corrected chi connectivity index (χ1v) is 7.25. The Morgan fingerprint density at radius 2 is 1.89 bits per heavy atom. The van der Waals surface area contributed by atoms with Gasteiger partial charge in [0.05, 0.1) is 0 Å². The van der Waals surface area contributed by atoms with Crippen LogP contribution in [0.2, 0.25) is 0 Å². The van der Waals surface area contributed by atoms with Gasteiger partial charge in [0.15, 0.2) is 0 Å². The van der Waals surface area contributed by atoms with E-state index in [4.69, 9.17) is 4.43 Å². The van der Waals surface area contributed by atoms with Gasteiger partial charge in [-0.25, -0.2) is 8.78 Å². The van der Waals surface area contributed by atoms with Crippen molar-refractivity contribution in [1.29, 1.82) is 0 Å². The van der Waals surface area contributed by atoms with E-state index in [2.05, 4.69) is 13.8 Å². The first-order chi connectivity index (χ1) is 8.44. The predicted molar refractivity (Wildman–Crippen MR) is 73.6 cm³/mol. The fourth-order valence-electron chi connectivity index (χ4n) is 1.87. The highest BCUT2D eigenvalue weighted by atomic mass is 28.2. The van der Waals surface area contributed by atoms with Crippen molar-refractivity contribution in [1.82, 2.24) is 0 Å². The minimum atomic E-state index is -0.512. The summed E-state index contributed by atoms with van der Waals surface area (Å²) in [4.78, 5) is 0. The van der Waals surface area contributed by atoms with Crippen molar-refractivity contribution >= 4 is 10.5 Å². The third-order valence-electron chi connectivity index (χ3n) is 3.29. The molecule has 1 aromatic carbocycles. The number of benzene rings is 1. The molecule has 0 aliphatic heterocycles. The molecule has 1 nitrogen and oxygen atoms in total. The van der Waals surface area contributed by atoms with E-state index in [1.807, 2.05) is 0 Å². The number of aryl methyl sites for hydroxylation is 1. The van der Waals surface area contributed by atoms with Crippen LogP contribution in [0.15, 0.2) is 18.2 Å². The molecule has 1 rings (SSSR count). The Kier molecular flexibility index (Phi) is 5.95. The fourth-order valence-corrected chi connectivity index (χ4v) is 2.07. The second kappa shape index (κ2) is 7.00. The third kappa shape index (κ3) is 5.27. The topological polar surface area (TPSA) is 9.23 Å². The van der Waals surface area contributed by atoms with E-state index in [1.165, 1.54) is 12.1 Å². The lowest BCUT2D eigenvalue weighted by Gasteiger charge is -2.23. The van der Waals surface area contributed by atoms with Gasteiger partial charge in [-0.1, -0.05) is 18.9 Å². The van der Waals surface area contributed by atoms with Gasteiger partial charge < -0.3 is 4.43 Å². The molecule has 0 unspecified atom stereocenters. The third-order valence-corrected chi connectivity index (χ3v) is 4.40. The Morgan fingerprint density at radius 3 is 2.50 bits per heavy atom. The van der Waals surface area contributed by atoms with Crippen LogP contribution in [-0.4, -0.2) is 16.1 Å². The summed E-state index contributed by atoms with van der Waals surface area (Å²) in [5.41, 5.74) is 0.586. The van der Waals surface area contributed by atoms with E-state index < -0.39 is 11.6 Å². The first-order valence-electron chi connectivity index (χ1n) is 6.44. The van der Waals surface area contributed by atoms with E-state index in [0.717, 1.165) is 42.2 Å². The number of halogens is 2. The molecule has 0 saturated carbocycles. The lowest BCUT2D eigenvalue weighted by atomic mass is 9.99. The first kappa shape index (κ1) is 15.3. The zero-order valence-corrected chi connectivity index (χ0v) is 13.4. The second-order valence-corrected chi connectivity index (χ2v) is 5.67. The average molecular weight is 272 g/mol. The van der Waals surface area contributed by atoms with Crippen molar-refractivity contribution < 1.29 is 13.2 Å². The van der Waals surface area contributed by atoms with Crippen molar-refractivity contribution in [2.24, 2.45) is 0 Å². The number of rotatable bonds is 7. The molecule has 4 heteroatoms. The molecule has 0 heterocycles. The summed E-state index contributed by atoms with van der Waals surface area (Å²) in [6.07, 6.45) is 4.76. The molecule has 0 atom stereocenters. The van der Waals surface area contributed by atoms with E-state index in [0.29, 0.717) is 12.0 Å². The van der Waals surface area contributed by atoms with Crippen LogP contribution in [0, 0.1) is 11.6 Å². The molecule has 102 valence electrons. The van der Waals surface area contributed by atoms with Crippen molar-refractivity contribution in [2.75, 3.05) is 0 Å². The highest BCUT2D eigenvalue weighted by Crippen LogP contribution is 2.18. The molecule has 0 aromatic heterocycles. The summed E-state index contributed by atoms with van der Waals surface area (Å²) in [6, 6.07) is 3.81. The molecule has 18 heavy (non-hydrogen) atoms. The van der Waals surface area contributed by atoms with Gasteiger partial charge in [0, 0.05) is 11.7 Å². The normalized spacial score (nSPS) is 12.0. The van der Waals surface area contributed by atoms with Crippen LogP contribution in [0.4, 0.5) is 8.78 Å². The summed E-state index contributed by atoms with van der Waals surface area (Å²) < 4.78 is 31.5. The lowest BCUT2D eigenvalue weighted by molar-refractivity contribution is 0.109. The van der Waals surface area contributed by atoms with Gasteiger partial charge in [0.2, 0.25) is 0 Å². The van der Waals surface area contributed by atoms with Crippen molar-refractivity contribution in [3.8, 4) is 0 Å². The predicted octanol–water partition coefficient (Wildman–Crippen LogP) is 3.14. The fraction of sp³-hybridized carbons (Fsp3) is 0.571.